The molecule has 0 bridgehead atoms. The fourth-order valence-corrected chi connectivity index (χ4v) is 2.46. The van der Waals surface area contributed by atoms with Crippen molar-refractivity contribution in [1.82, 2.24) is 0 Å². The maximum Gasteiger partial charge on any atom is 0.337 e. The molecule has 0 atom stereocenters. The lowest BCUT2D eigenvalue weighted by atomic mass is 9.95. The van der Waals surface area contributed by atoms with Crippen molar-refractivity contribution < 1.29 is 9.90 Å². The molecule has 1 aliphatic rings. The van der Waals surface area contributed by atoms with Crippen LogP contribution in [0.25, 0.3) is 0 Å². The molecule has 1 fully saturated rings. The molecule has 0 saturated heterocycles. The van der Waals surface area contributed by atoms with Crippen LogP contribution in [0.2, 0.25) is 5.02 Å². The highest BCUT2D eigenvalue weighted by Crippen LogP contribution is 2.25. The Morgan fingerprint density at radius 3 is 2.65 bits per heavy atom. The van der Waals surface area contributed by atoms with Gasteiger partial charge in [0.2, 0.25) is 0 Å². The third-order valence-electron chi connectivity index (χ3n) is 3.17. The van der Waals surface area contributed by atoms with Crippen LogP contribution in [0.4, 0.5) is 5.69 Å². The lowest BCUT2D eigenvalue weighted by Crippen LogP contribution is -2.22. The third-order valence-corrected chi connectivity index (χ3v) is 3.50. The normalized spacial score (nSPS) is 16.8. The number of anilines is 1. The van der Waals surface area contributed by atoms with Crippen LogP contribution in [-0.4, -0.2) is 17.1 Å². The maximum absolute atomic E-state index is 11.0. The molecule has 0 heterocycles. The monoisotopic (exact) mass is 253 g/mol. The summed E-state index contributed by atoms with van der Waals surface area (Å²) in [6.45, 7) is 0. The molecule has 0 aromatic heterocycles. The van der Waals surface area contributed by atoms with E-state index in [1.807, 2.05) is 6.07 Å². The Balaban J connectivity index is 2.10. The largest absolute Gasteiger partial charge is 0.478 e. The van der Waals surface area contributed by atoms with Crippen LogP contribution >= 0.6 is 11.6 Å². The number of carboxylic acid groups (broad SMARTS) is 1. The number of hydrogen-bond acceptors (Lipinski definition) is 2. The van der Waals surface area contributed by atoms with E-state index in [4.69, 9.17) is 16.7 Å². The van der Waals surface area contributed by atoms with Crippen molar-refractivity contribution in [2.24, 2.45) is 0 Å². The predicted molar refractivity (Wildman–Crippen MR) is 68.9 cm³/mol. The summed E-state index contributed by atoms with van der Waals surface area (Å²) < 4.78 is 0. The van der Waals surface area contributed by atoms with Gasteiger partial charge in [-0.3, -0.25) is 0 Å². The van der Waals surface area contributed by atoms with Gasteiger partial charge in [0, 0.05) is 11.7 Å². The third kappa shape index (κ3) is 3.13. The molecular formula is C13H16ClNO2. The molecule has 0 spiro atoms. The molecule has 92 valence electrons. The predicted octanol–water partition coefficient (Wildman–Crippen LogP) is 3.78. The van der Waals surface area contributed by atoms with Crippen molar-refractivity contribution in [2.75, 3.05) is 5.32 Å². The van der Waals surface area contributed by atoms with Crippen LogP contribution in [0, 0.1) is 0 Å². The summed E-state index contributed by atoms with van der Waals surface area (Å²) in [6, 6.07) is 5.55. The quantitative estimate of drug-likeness (QED) is 0.862. The van der Waals surface area contributed by atoms with Crippen molar-refractivity contribution in [3.05, 3.63) is 28.8 Å². The molecule has 2 N–H and O–H groups in total. The Morgan fingerprint density at radius 2 is 2.00 bits per heavy atom. The zero-order chi connectivity index (χ0) is 12.3. The molecule has 0 aliphatic heterocycles. The number of carboxylic acids is 1. The fraction of sp³-hybridized carbons (Fsp3) is 0.462. The topological polar surface area (TPSA) is 49.3 Å². The first-order valence-corrected chi connectivity index (χ1v) is 6.34. The highest BCUT2D eigenvalue weighted by Gasteiger charge is 2.14. The van der Waals surface area contributed by atoms with E-state index in [9.17, 15) is 4.79 Å². The SMILES string of the molecule is O=C(O)c1cc(NC2CCCCC2)ccc1Cl. The van der Waals surface area contributed by atoms with Crippen LogP contribution in [0.3, 0.4) is 0 Å². The van der Waals surface area contributed by atoms with Gasteiger partial charge in [-0.2, -0.15) is 0 Å². The Hall–Kier alpha value is -1.22. The molecule has 1 aliphatic carbocycles. The van der Waals surface area contributed by atoms with Crippen molar-refractivity contribution in [1.29, 1.82) is 0 Å². The average molecular weight is 254 g/mol. The summed E-state index contributed by atoms with van der Waals surface area (Å²) in [7, 11) is 0. The number of hydrogen-bond donors (Lipinski definition) is 2. The summed E-state index contributed by atoms with van der Waals surface area (Å²) in [5.74, 6) is -0.984. The van der Waals surface area contributed by atoms with Gasteiger partial charge in [0.25, 0.3) is 0 Å². The van der Waals surface area contributed by atoms with Gasteiger partial charge < -0.3 is 10.4 Å². The molecule has 1 saturated carbocycles. The van der Waals surface area contributed by atoms with Crippen LogP contribution in [0.5, 0.6) is 0 Å². The Kier molecular flexibility index (Phi) is 3.89. The van der Waals surface area contributed by atoms with Crippen molar-refractivity contribution in [3.8, 4) is 0 Å². The minimum Gasteiger partial charge on any atom is -0.478 e. The van der Waals surface area contributed by atoms with E-state index in [0.717, 1.165) is 18.5 Å². The maximum atomic E-state index is 11.0. The molecule has 0 amide bonds. The van der Waals surface area contributed by atoms with Gasteiger partial charge in [-0.05, 0) is 31.0 Å². The Labute approximate surface area is 106 Å². The smallest absolute Gasteiger partial charge is 0.337 e. The van der Waals surface area contributed by atoms with Gasteiger partial charge in [-0.15, -0.1) is 0 Å². The van der Waals surface area contributed by atoms with Crippen LogP contribution in [0.1, 0.15) is 42.5 Å². The summed E-state index contributed by atoms with van der Waals surface area (Å²) in [4.78, 5) is 11.0. The van der Waals surface area contributed by atoms with E-state index in [0.29, 0.717) is 6.04 Å². The highest BCUT2D eigenvalue weighted by atomic mass is 35.5. The van der Waals surface area contributed by atoms with Crippen LogP contribution in [-0.2, 0) is 0 Å². The number of rotatable bonds is 3. The van der Waals surface area contributed by atoms with Gasteiger partial charge in [-0.25, -0.2) is 4.79 Å². The summed E-state index contributed by atoms with van der Waals surface area (Å²) in [5.41, 5.74) is 1.01. The Bertz CT molecular complexity index is 414. The first-order chi connectivity index (χ1) is 8.16. The van der Waals surface area contributed by atoms with E-state index in [1.165, 1.54) is 19.3 Å². The number of carbonyl (C=O) groups is 1. The molecular weight excluding hydrogens is 238 g/mol. The van der Waals surface area contributed by atoms with Gasteiger partial charge in [-0.1, -0.05) is 30.9 Å². The molecule has 3 nitrogen and oxygen atoms in total. The standard InChI is InChI=1S/C13H16ClNO2/c14-12-7-6-10(8-11(12)13(16)17)15-9-4-2-1-3-5-9/h6-9,15H,1-5H2,(H,16,17). The summed E-state index contributed by atoms with van der Waals surface area (Å²) in [5, 5.41) is 12.6. The second-order valence-corrected chi connectivity index (χ2v) is 4.89. The van der Waals surface area contributed by atoms with E-state index in [1.54, 1.807) is 12.1 Å². The van der Waals surface area contributed by atoms with Gasteiger partial charge in [0.1, 0.15) is 0 Å². The second-order valence-electron chi connectivity index (χ2n) is 4.48. The lowest BCUT2D eigenvalue weighted by Gasteiger charge is -2.24. The van der Waals surface area contributed by atoms with E-state index in [2.05, 4.69) is 5.32 Å². The number of halogens is 1. The summed E-state index contributed by atoms with van der Waals surface area (Å²) in [6.07, 6.45) is 6.11. The van der Waals surface area contributed by atoms with Crippen LogP contribution < -0.4 is 5.32 Å². The number of benzene rings is 1. The first kappa shape index (κ1) is 12.2. The molecule has 4 heteroatoms. The molecule has 0 unspecified atom stereocenters. The minimum absolute atomic E-state index is 0.160. The zero-order valence-corrected chi connectivity index (χ0v) is 10.3. The summed E-state index contributed by atoms with van der Waals surface area (Å²) >= 11 is 5.83. The number of nitrogens with one attached hydrogen (secondary N) is 1. The van der Waals surface area contributed by atoms with Gasteiger partial charge >= 0.3 is 5.97 Å². The molecule has 17 heavy (non-hydrogen) atoms. The average Bonchev–Trinajstić information content (AvgIpc) is 2.32. The van der Waals surface area contributed by atoms with E-state index >= 15 is 0 Å². The second kappa shape index (κ2) is 5.41. The fourth-order valence-electron chi connectivity index (χ4n) is 2.26. The van der Waals surface area contributed by atoms with Gasteiger partial charge in [0.05, 0.1) is 10.6 Å². The first-order valence-electron chi connectivity index (χ1n) is 5.96. The van der Waals surface area contributed by atoms with Crippen molar-refractivity contribution in [2.45, 2.75) is 38.1 Å². The van der Waals surface area contributed by atoms with Gasteiger partial charge in [0.15, 0.2) is 0 Å². The van der Waals surface area contributed by atoms with E-state index in [-0.39, 0.29) is 10.6 Å². The number of aromatic carboxylic acids is 1. The van der Waals surface area contributed by atoms with Crippen molar-refractivity contribution >= 4 is 23.3 Å². The Morgan fingerprint density at radius 1 is 1.29 bits per heavy atom. The van der Waals surface area contributed by atoms with Crippen LogP contribution in [0.15, 0.2) is 18.2 Å². The zero-order valence-electron chi connectivity index (χ0n) is 9.58. The van der Waals surface area contributed by atoms with Crippen molar-refractivity contribution in [3.63, 3.8) is 0 Å². The minimum atomic E-state index is -0.984. The molecule has 1 aromatic rings. The molecule has 2 rings (SSSR count). The van der Waals surface area contributed by atoms with E-state index < -0.39 is 5.97 Å². The highest BCUT2D eigenvalue weighted by molar-refractivity contribution is 6.33. The lowest BCUT2D eigenvalue weighted by molar-refractivity contribution is 0.0697. The molecule has 1 aromatic carbocycles. The molecule has 0 radical (unpaired) electrons.